The van der Waals surface area contributed by atoms with Crippen LogP contribution in [0.4, 0.5) is 29.1 Å². The van der Waals surface area contributed by atoms with Gasteiger partial charge in [-0.25, -0.2) is 32.2 Å². The topological polar surface area (TPSA) is 167 Å². The number of pyridine rings is 2. The van der Waals surface area contributed by atoms with E-state index in [1.165, 1.54) is 59.5 Å². The maximum absolute atomic E-state index is 14.0. The summed E-state index contributed by atoms with van der Waals surface area (Å²) < 4.78 is 94.4. The van der Waals surface area contributed by atoms with Crippen molar-refractivity contribution >= 4 is 38.2 Å². The fourth-order valence-electron chi connectivity index (χ4n) is 4.85. The van der Waals surface area contributed by atoms with Crippen LogP contribution in [0.2, 0.25) is 0 Å². The van der Waals surface area contributed by atoms with E-state index in [9.17, 15) is 30.8 Å². The lowest BCUT2D eigenvalue weighted by Crippen LogP contribution is -2.16. The maximum Gasteiger partial charge on any atom is 0.279 e. The molecule has 0 spiro atoms. The van der Waals surface area contributed by atoms with Crippen LogP contribution in [0.3, 0.4) is 0 Å². The second-order valence-electron chi connectivity index (χ2n) is 10.7. The fourth-order valence-corrected chi connectivity index (χ4v) is 5.93. The lowest BCUT2D eigenvalue weighted by molar-refractivity contribution is 0.0823. The summed E-state index contributed by atoms with van der Waals surface area (Å²) in [5.41, 5.74) is 7.71. The van der Waals surface area contributed by atoms with Crippen molar-refractivity contribution in [2.75, 3.05) is 17.1 Å². The Kier molecular flexibility index (Phi) is 8.68. The van der Waals surface area contributed by atoms with E-state index in [1.54, 1.807) is 19.9 Å². The zero-order valence-electron chi connectivity index (χ0n) is 25.5. The highest BCUT2D eigenvalue weighted by Gasteiger charge is 2.24. The molecule has 0 bridgehead atoms. The Hall–Kier alpha value is -5.97. The number of H-pyrrole nitrogens is 1. The third kappa shape index (κ3) is 6.73. The second kappa shape index (κ2) is 12.9. The van der Waals surface area contributed by atoms with Gasteiger partial charge in [-0.05, 0) is 61.9 Å². The first-order valence-electron chi connectivity index (χ1n) is 14.3. The number of hydrogen-bond donors (Lipinski definition) is 3. The number of nitrogens with one attached hydrogen (secondary N) is 2. The number of alkyl halides is 2. The molecule has 0 unspecified atom stereocenters. The summed E-state index contributed by atoms with van der Waals surface area (Å²) in [6.07, 6.45) is -0.313. The number of carbonyl (C=O) groups excluding carboxylic acids is 1. The number of ketones is 1. The van der Waals surface area contributed by atoms with Gasteiger partial charge in [-0.2, -0.15) is 13.5 Å². The number of aromatic nitrogens is 5. The number of aromatic amines is 1. The molecule has 4 N–H and O–H groups in total. The molecule has 12 nitrogen and oxygen atoms in total. The van der Waals surface area contributed by atoms with Gasteiger partial charge in [0, 0.05) is 22.7 Å². The molecule has 252 valence electrons. The van der Waals surface area contributed by atoms with E-state index >= 15 is 0 Å². The molecule has 0 saturated carbocycles. The average Bonchev–Trinajstić information content (AvgIpc) is 3.64. The van der Waals surface area contributed by atoms with Crippen molar-refractivity contribution in [2.45, 2.75) is 25.3 Å². The van der Waals surface area contributed by atoms with Gasteiger partial charge in [0.15, 0.2) is 16.7 Å². The Morgan fingerprint density at radius 2 is 1.78 bits per heavy atom. The number of halogens is 4. The summed E-state index contributed by atoms with van der Waals surface area (Å²) in [5, 5.41) is 4.26. The van der Waals surface area contributed by atoms with Crippen LogP contribution in [0.5, 0.6) is 17.4 Å². The van der Waals surface area contributed by atoms with Gasteiger partial charge in [0.2, 0.25) is 17.4 Å². The minimum atomic E-state index is -4.26. The van der Waals surface area contributed by atoms with Crippen LogP contribution >= 0.6 is 0 Å². The number of nitrogens with zero attached hydrogens (tertiary/aromatic N) is 4. The molecule has 17 heteroatoms. The van der Waals surface area contributed by atoms with Crippen molar-refractivity contribution in [3.05, 3.63) is 107 Å². The minimum Gasteiger partial charge on any atom is -0.485 e. The molecule has 49 heavy (non-hydrogen) atoms. The molecule has 4 aromatic heterocycles. The van der Waals surface area contributed by atoms with Crippen LogP contribution in [-0.4, -0.2) is 52.0 Å². The van der Waals surface area contributed by atoms with Crippen molar-refractivity contribution in [3.8, 4) is 23.1 Å². The minimum absolute atomic E-state index is 0.0136. The summed E-state index contributed by atoms with van der Waals surface area (Å²) in [4.78, 5) is 24.6. The third-order valence-corrected chi connectivity index (χ3v) is 8.44. The Bertz CT molecular complexity index is 2320. The monoisotopic (exact) mass is 695 g/mol. The number of aryl methyl sites for hydroxylation is 2. The first-order chi connectivity index (χ1) is 23.3. The molecule has 2 aromatic carbocycles. The number of para-hydroxylation sites is 1. The highest BCUT2D eigenvalue weighted by atomic mass is 32.2. The molecular weight excluding hydrogens is 670 g/mol. The summed E-state index contributed by atoms with van der Waals surface area (Å²) in [6, 6.07) is 13.1. The molecule has 6 rings (SSSR count). The normalized spacial score (nSPS) is 11.7. The van der Waals surface area contributed by atoms with E-state index in [4.69, 9.17) is 15.2 Å². The van der Waals surface area contributed by atoms with Crippen molar-refractivity contribution in [1.29, 1.82) is 0 Å². The largest absolute Gasteiger partial charge is 0.485 e. The third-order valence-electron chi connectivity index (χ3n) is 7.18. The molecule has 0 radical (unpaired) electrons. The fraction of sp³-hybridized carbons (Fsp3) is 0.125. The van der Waals surface area contributed by atoms with Crippen LogP contribution < -0.4 is 19.9 Å². The second-order valence-corrected chi connectivity index (χ2v) is 12.3. The van der Waals surface area contributed by atoms with E-state index in [0.29, 0.717) is 22.3 Å². The zero-order chi connectivity index (χ0) is 35.0. The van der Waals surface area contributed by atoms with Crippen LogP contribution in [0.25, 0.3) is 16.6 Å². The van der Waals surface area contributed by atoms with E-state index < -0.39 is 46.2 Å². The van der Waals surface area contributed by atoms with Gasteiger partial charge in [-0.3, -0.25) is 9.52 Å². The number of benzene rings is 2. The molecule has 0 aliphatic carbocycles. The lowest BCUT2D eigenvalue weighted by atomic mass is 10.1. The van der Waals surface area contributed by atoms with Crippen molar-refractivity contribution in [3.63, 3.8) is 0 Å². The van der Waals surface area contributed by atoms with Crippen molar-refractivity contribution in [2.24, 2.45) is 0 Å². The molecule has 0 saturated heterocycles. The SMILES string of the molecule is Cc1cccc(S(=O)(=O)Nc2cc3[nH]c(C(=O)c4cnn(-c5cnc(Oc6c(F)cccc6F)cc5C)c4N)cc3cc2OCC(F)F)n1. The first-order valence-corrected chi connectivity index (χ1v) is 15.8. The summed E-state index contributed by atoms with van der Waals surface area (Å²) in [7, 11) is -4.26. The zero-order valence-corrected chi connectivity index (χ0v) is 26.4. The predicted octanol–water partition coefficient (Wildman–Crippen LogP) is 6.09. The van der Waals surface area contributed by atoms with Gasteiger partial charge in [-0.1, -0.05) is 12.1 Å². The summed E-state index contributed by atoms with van der Waals surface area (Å²) >= 11 is 0. The number of carbonyl (C=O) groups is 1. The number of nitrogens with two attached hydrogens (primary N) is 1. The van der Waals surface area contributed by atoms with Gasteiger partial charge < -0.3 is 20.2 Å². The first kappa shape index (κ1) is 33.0. The van der Waals surface area contributed by atoms with Gasteiger partial charge in [0.05, 0.1) is 35.0 Å². The summed E-state index contributed by atoms with van der Waals surface area (Å²) in [6.45, 7) is 2.24. The molecular formula is C32H25F4N7O5S. The standard InChI is InChI=1S/C32H25F4N7O5S/c1-16-9-28(48-31-20(33)6-4-7-21(31)34)38-14-25(16)43-32(37)19(13-39-43)30(44)24-10-18-11-26(47-15-27(35)36)23(12-22(18)41-24)42-49(45,46)29-8-3-5-17(2)40-29/h3-14,27,41-42H,15,37H2,1-2H3. The Morgan fingerprint density at radius 1 is 1.04 bits per heavy atom. The van der Waals surface area contributed by atoms with E-state index in [-0.39, 0.29) is 44.9 Å². The summed E-state index contributed by atoms with van der Waals surface area (Å²) in [5.74, 6) is -3.40. The molecule has 4 heterocycles. The average molecular weight is 696 g/mol. The molecule has 0 amide bonds. The van der Waals surface area contributed by atoms with Gasteiger partial charge >= 0.3 is 0 Å². The number of rotatable bonds is 11. The molecule has 0 aliphatic rings. The highest BCUT2D eigenvalue weighted by Crippen LogP contribution is 2.34. The van der Waals surface area contributed by atoms with E-state index in [0.717, 1.165) is 12.1 Å². The van der Waals surface area contributed by atoms with Crippen LogP contribution in [0.15, 0.2) is 78.1 Å². The Labute approximate surface area is 275 Å². The Balaban J connectivity index is 1.29. The number of sulfonamides is 1. The molecule has 0 fully saturated rings. The molecule has 6 aromatic rings. The smallest absolute Gasteiger partial charge is 0.279 e. The van der Waals surface area contributed by atoms with E-state index in [1.807, 2.05) is 0 Å². The number of ether oxygens (including phenoxy) is 2. The molecule has 0 atom stereocenters. The van der Waals surface area contributed by atoms with Crippen molar-refractivity contribution in [1.82, 2.24) is 24.7 Å². The predicted molar refractivity (Wildman–Crippen MR) is 170 cm³/mol. The van der Waals surface area contributed by atoms with Crippen LogP contribution in [0, 0.1) is 25.5 Å². The van der Waals surface area contributed by atoms with Crippen LogP contribution in [0.1, 0.15) is 27.3 Å². The van der Waals surface area contributed by atoms with Gasteiger partial charge in [-0.15, -0.1) is 0 Å². The maximum atomic E-state index is 14.0. The Morgan fingerprint density at radius 3 is 2.47 bits per heavy atom. The van der Waals surface area contributed by atoms with Crippen molar-refractivity contribution < 1.29 is 40.2 Å². The number of anilines is 2. The number of hydrogen-bond acceptors (Lipinski definition) is 9. The lowest BCUT2D eigenvalue weighted by Gasteiger charge is -2.14. The van der Waals surface area contributed by atoms with E-state index in [2.05, 4.69) is 24.8 Å². The van der Waals surface area contributed by atoms with Gasteiger partial charge in [0.25, 0.3) is 16.4 Å². The number of fused-ring (bicyclic) bond motifs is 1. The van der Waals surface area contributed by atoms with Gasteiger partial charge in [0.1, 0.15) is 18.2 Å². The number of nitrogen functional groups attached to an aromatic ring is 1. The van der Waals surface area contributed by atoms with Crippen LogP contribution in [-0.2, 0) is 10.0 Å². The quantitative estimate of drug-likeness (QED) is 0.107. The molecule has 0 aliphatic heterocycles. The highest BCUT2D eigenvalue weighted by molar-refractivity contribution is 7.92.